The van der Waals surface area contributed by atoms with Gasteiger partial charge in [-0.15, -0.1) is 11.8 Å². The Balaban J connectivity index is 2.39. The second kappa shape index (κ2) is 8.56. The Hall–Kier alpha value is -0.510. The molecule has 17 heavy (non-hydrogen) atoms. The molecule has 1 N–H and O–H groups in total. The number of hydrogen-bond acceptors (Lipinski definition) is 3. The SMILES string of the molecule is CCNCc1ccc(SC(C)CCOC)cc1. The van der Waals surface area contributed by atoms with Crippen LogP contribution in [0.5, 0.6) is 0 Å². The van der Waals surface area contributed by atoms with E-state index in [1.54, 1.807) is 7.11 Å². The summed E-state index contributed by atoms with van der Waals surface area (Å²) in [6.45, 7) is 7.19. The zero-order chi connectivity index (χ0) is 12.5. The van der Waals surface area contributed by atoms with E-state index < -0.39 is 0 Å². The van der Waals surface area contributed by atoms with E-state index in [2.05, 4.69) is 43.4 Å². The van der Waals surface area contributed by atoms with Gasteiger partial charge in [-0.1, -0.05) is 26.0 Å². The van der Waals surface area contributed by atoms with Crippen LogP contribution < -0.4 is 5.32 Å². The topological polar surface area (TPSA) is 21.3 Å². The van der Waals surface area contributed by atoms with E-state index in [9.17, 15) is 0 Å². The Bertz CT molecular complexity index is 300. The molecule has 96 valence electrons. The van der Waals surface area contributed by atoms with Gasteiger partial charge in [-0.05, 0) is 30.7 Å². The van der Waals surface area contributed by atoms with Crippen molar-refractivity contribution in [2.24, 2.45) is 0 Å². The fourth-order valence-electron chi connectivity index (χ4n) is 1.53. The number of ether oxygens (including phenoxy) is 1. The van der Waals surface area contributed by atoms with Gasteiger partial charge in [0.25, 0.3) is 0 Å². The summed E-state index contributed by atoms with van der Waals surface area (Å²) in [4.78, 5) is 1.34. The molecule has 1 rings (SSSR count). The third kappa shape index (κ3) is 6.10. The smallest absolute Gasteiger partial charge is 0.0472 e. The van der Waals surface area contributed by atoms with E-state index in [0.717, 1.165) is 26.1 Å². The largest absolute Gasteiger partial charge is 0.385 e. The van der Waals surface area contributed by atoms with Crippen LogP contribution >= 0.6 is 11.8 Å². The summed E-state index contributed by atoms with van der Waals surface area (Å²) in [5.41, 5.74) is 1.35. The van der Waals surface area contributed by atoms with Gasteiger partial charge in [0.15, 0.2) is 0 Å². The van der Waals surface area contributed by atoms with Crippen molar-refractivity contribution in [1.82, 2.24) is 5.32 Å². The average molecular weight is 253 g/mol. The standard InChI is InChI=1S/C14H23NOS/c1-4-15-11-13-5-7-14(8-6-13)17-12(2)9-10-16-3/h5-8,12,15H,4,9-11H2,1-3H3. The van der Waals surface area contributed by atoms with Crippen LogP contribution in [-0.2, 0) is 11.3 Å². The first-order chi connectivity index (χ1) is 8.26. The monoisotopic (exact) mass is 253 g/mol. The molecule has 1 aromatic carbocycles. The second-order valence-corrected chi connectivity index (χ2v) is 5.65. The lowest BCUT2D eigenvalue weighted by Crippen LogP contribution is -2.11. The molecule has 0 aromatic heterocycles. The van der Waals surface area contributed by atoms with Gasteiger partial charge in [0.05, 0.1) is 0 Å². The molecule has 0 fully saturated rings. The molecule has 0 radical (unpaired) electrons. The highest BCUT2D eigenvalue weighted by Crippen LogP contribution is 2.25. The van der Waals surface area contributed by atoms with Crippen LogP contribution in [0.2, 0.25) is 0 Å². The molecule has 3 heteroatoms. The van der Waals surface area contributed by atoms with Crippen molar-refractivity contribution in [3.63, 3.8) is 0 Å². The highest BCUT2D eigenvalue weighted by atomic mass is 32.2. The predicted octanol–water partition coefficient (Wildman–Crippen LogP) is 3.31. The lowest BCUT2D eigenvalue weighted by Gasteiger charge is -2.11. The van der Waals surface area contributed by atoms with Crippen LogP contribution in [0.1, 0.15) is 25.8 Å². The quantitative estimate of drug-likeness (QED) is 0.718. The highest BCUT2D eigenvalue weighted by Gasteiger charge is 2.04. The molecule has 0 amide bonds. The van der Waals surface area contributed by atoms with Crippen molar-refractivity contribution >= 4 is 11.8 Å². The van der Waals surface area contributed by atoms with E-state index in [1.807, 2.05) is 11.8 Å². The molecule has 0 aliphatic rings. The van der Waals surface area contributed by atoms with Crippen LogP contribution in [0.25, 0.3) is 0 Å². The van der Waals surface area contributed by atoms with Crippen LogP contribution in [0.4, 0.5) is 0 Å². The average Bonchev–Trinajstić information content (AvgIpc) is 2.35. The maximum absolute atomic E-state index is 5.09. The molecule has 0 spiro atoms. The van der Waals surface area contributed by atoms with Crippen molar-refractivity contribution < 1.29 is 4.74 Å². The first-order valence-electron chi connectivity index (χ1n) is 6.21. The zero-order valence-electron chi connectivity index (χ0n) is 11.0. The predicted molar refractivity (Wildman–Crippen MR) is 75.6 cm³/mol. The second-order valence-electron chi connectivity index (χ2n) is 4.13. The lowest BCUT2D eigenvalue weighted by atomic mass is 10.2. The van der Waals surface area contributed by atoms with Crippen molar-refractivity contribution in [2.75, 3.05) is 20.3 Å². The summed E-state index contributed by atoms with van der Waals surface area (Å²) in [6, 6.07) is 8.82. The Morgan fingerprint density at radius 2 is 2.00 bits per heavy atom. The molecule has 0 saturated carbocycles. The molecule has 1 atom stereocenters. The molecular weight excluding hydrogens is 230 g/mol. The highest BCUT2D eigenvalue weighted by molar-refractivity contribution is 7.99. The lowest BCUT2D eigenvalue weighted by molar-refractivity contribution is 0.195. The number of rotatable bonds is 8. The van der Waals surface area contributed by atoms with Crippen molar-refractivity contribution in [3.8, 4) is 0 Å². The summed E-state index contributed by atoms with van der Waals surface area (Å²) < 4.78 is 5.09. The minimum atomic E-state index is 0.606. The molecular formula is C14H23NOS. The first-order valence-corrected chi connectivity index (χ1v) is 7.09. The van der Waals surface area contributed by atoms with E-state index in [1.165, 1.54) is 10.5 Å². The maximum Gasteiger partial charge on any atom is 0.0472 e. The first kappa shape index (κ1) is 14.6. The molecule has 1 aromatic rings. The summed E-state index contributed by atoms with van der Waals surface area (Å²) in [7, 11) is 1.76. The normalized spacial score (nSPS) is 12.6. The Kier molecular flexibility index (Phi) is 7.33. The number of nitrogens with one attached hydrogen (secondary N) is 1. The number of thioether (sulfide) groups is 1. The fraction of sp³-hybridized carbons (Fsp3) is 0.571. The molecule has 0 aliphatic heterocycles. The molecule has 0 aliphatic carbocycles. The van der Waals surface area contributed by atoms with Gasteiger partial charge in [-0.2, -0.15) is 0 Å². The van der Waals surface area contributed by atoms with Gasteiger partial charge in [-0.3, -0.25) is 0 Å². The molecule has 0 saturated heterocycles. The van der Waals surface area contributed by atoms with Gasteiger partial charge in [0.2, 0.25) is 0 Å². The zero-order valence-corrected chi connectivity index (χ0v) is 11.8. The third-order valence-corrected chi connectivity index (χ3v) is 3.75. The summed E-state index contributed by atoms with van der Waals surface area (Å²) in [6.07, 6.45) is 1.10. The summed E-state index contributed by atoms with van der Waals surface area (Å²) >= 11 is 1.92. The van der Waals surface area contributed by atoms with Crippen LogP contribution in [0, 0.1) is 0 Å². The van der Waals surface area contributed by atoms with Gasteiger partial charge in [-0.25, -0.2) is 0 Å². The Morgan fingerprint density at radius 3 is 2.59 bits per heavy atom. The summed E-state index contributed by atoms with van der Waals surface area (Å²) in [5, 5.41) is 3.94. The van der Waals surface area contributed by atoms with Crippen molar-refractivity contribution in [1.29, 1.82) is 0 Å². The van der Waals surface area contributed by atoms with Crippen LogP contribution in [-0.4, -0.2) is 25.5 Å². The molecule has 1 unspecified atom stereocenters. The van der Waals surface area contributed by atoms with Gasteiger partial charge < -0.3 is 10.1 Å². The molecule has 0 bridgehead atoms. The molecule has 2 nitrogen and oxygen atoms in total. The third-order valence-electron chi connectivity index (χ3n) is 2.57. The Morgan fingerprint density at radius 1 is 1.29 bits per heavy atom. The number of benzene rings is 1. The fourth-order valence-corrected chi connectivity index (χ4v) is 2.50. The molecule has 0 heterocycles. The van der Waals surface area contributed by atoms with E-state index >= 15 is 0 Å². The summed E-state index contributed by atoms with van der Waals surface area (Å²) in [5.74, 6) is 0. The van der Waals surface area contributed by atoms with E-state index in [-0.39, 0.29) is 0 Å². The van der Waals surface area contributed by atoms with Gasteiger partial charge in [0.1, 0.15) is 0 Å². The van der Waals surface area contributed by atoms with Crippen LogP contribution in [0.3, 0.4) is 0 Å². The van der Waals surface area contributed by atoms with E-state index in [4.69, 9.17) is 4.74 Å². The van der Waals surface area contributed by atoms with Crippen molar-refractivity contribution in [2.45, 2.75) is 37.0 Å². The van der Waals surface area contributed by atoms with Gasteiger partial charge in [0, 0.05) is 30.4 Å². The minimum Gasteiger partial charge on any atom is -0.385 e. The van der Waals surface area contributed by atoms with Crippen molar-refractivity contribution in [3.05, 3.63) is 29.8 Å². The maximum atomic E-state index is 5.09. The van der Waals surface area contributed by atoms with E-state index in [0.29, 0.717) is 5.25 Å². The van der Waals surface area contributed by atoms with Gasteiger partial charge >= 0.3 is 0 Å². The number of hydrogen-bond donors (Lipinski definition) is 1. The number of methoxy groups -OCH3 is 1. The minimum absolute atomic E-state index is 0.606. The Labute approximate surface area is 109 Å². The van der Waals surface area contributed by atoms with Crippen LogP contribution in [0.15, 0.2) is 29.2 Å².